The summed E-state index contributed by atoms with van der Waals surface area (Å²) in [4.78, 5) is 13.9. The molecular formula is C17H18N2O3. The number of rotatable bonds is 2. The lowest BCUT2D eigenvalue weighted by atomic mass is 10.1. The van der Waals surface area contributed by atoms with Crippen LogP contribution in [-0.4, -0.2) is 24.1 Å². The Hall–Kier alpha value is -2.69. The Morgan fingerprint density at radius 3 is 2.82 bits per heavy atom. The van der Waals surface area contributed by atoms with Crippen molar-refractivity contribution in [2.75, 3.05) is 18.9 Å². The topological polar surface area (TPSA) is 64.8 Å². The van der Waals surface area contributed by atoms with E-state index in [2.05, 4.69) is 0 Å². The molecule has 22 heavy (non-hydrogen) atoms. The molecule has 2 aromatic carbocycles. The predicted molar refractivity (Wildman–Crippen MR) is 83.4 cm³/mol. The van der Waals surface area contributed by atoms with E-state index in [1.165, 1.54) is 0 Å². The highest BCUT2D eigenvalue weighted by Gasteiger charge is 2.22. The Balaban J connectivity index is 1.66. The van der Waals surface area contributed by atoms with Crippen molar-refractivity contribution in [3.05, 3.63) is 59.7 Å². The van der Waals surface area contributed by atoms with Gasteiger partial charge in [0.2, 0.25) is 0 Å². The molecule has 2 aromatic rings. The first kappa shape index (κ1) is 14.3. The van der Waals surface area contributed by atoms with E-state index < -0.39 is 0 Å². The van der Waals surface area contributed by atoms with Crippen LogP contribution in [0.4, 0.5) is 10.5 Å². The summed E-state index contributed by atoms with van der Waals surface area (Å²) in [6.07, 6.45) is -0.345. The standard InChI is InChI=1S/C17H18N2O3/c18-15-8-4-7-14-11-19(9-10-21-16(14)15)17(20)22-12-13-5-2-1-3-6-13/h1-8H,9-12,18H2. The van der Waals surface area contributed by atoms with E-state index in [0.717, 1.165) is 11.1 Å². The SMILES string of the molecule is Nc1cccc2c1OCCN(C(=O)OCc1ccccc1)C2. The van der Waals surface area contributed by atoms with E-state index in [0.29, 0.717) is 31.1 Å². The zero-order chi connectivity index (χ0) is 15.4. The van der Waals surface area contributed by atoms with E-state index in [4.69, 9.17) is 15.2 Å². The van der Waals surface area contributed by atoms with Crippen LogP contribution in [0.3, 0.4) is 0 Å². The monoisotopic (exact) mass is 298 g/mol. The van der Waals surface area contributed by atoms with Gasteiger partial charge in [-0.05, 0) is 11.6 Å². The van der Waals surface area contributed by atoms with Crippen molar-refractivity contribution in [3.63, 3.8) is 0 Å². The number of carbonyl (C=O) groups excluding carboxylic acids is 1. The fraction of sp³-hybridized carbons (Fsp3) is 0.235. The predicted octanol–water partition coefficient (Wildman–Crippen LogP) is 2.80. The number of nitrogen functional groups attached to an aromatic ring is 1. The fourth-order valence-electron chi connectivity index (χ4n) is 2.41. The molecule has 5 heteroatoms. The number of ether oxygens (including phenoxy) is 2. The molecule has 1 heterocycles. The maximum absolute atomic E-state index is 12.2. The molecule has 2 N–H and O–H groups in total. The molecule has 0 atom stereocenters. The molecule has 0 aliphatic carbocycles. The van der Waals surface area contributed by atoms with Gasteiger partial charge >= 0.3 is 6.09 Å². The minimum Gasteiger partial charge on any atom is -0.489 e. The molecule has 3 rings (SSSR count). The molecular weight excluding hydrogens is 280 g/mol. The normalized spacial score (nSPS) is 13.7. The molecule has 0 unspecified atom stereocenters. The molecule has 114 valence electrons. The van der Waals surface area contributed by atoms with Gasteiger partial charge in [0, 0.05) is 5.56 Å². The van der Waals surface area contributed by atoms with Crippen LogP contribution in [0.1, 0.15) is 11.1 Å². The number of amides is 1. The van der Waals surface area contributed by atoms with Crippen LogP contribution in [0, 0.1) is 0 Å². The fourth-order valence-corrected chi connectivity index (χ4v) is 2.41. The molecule has 1 aliphatic heterocycles. The molecule has 0 fully saturated rings. The molecule has 0 aromatic heterocycles. The van der Waals surface area contributed by atoms with Gasteiger partial charge in [-0.2, -0.15) is 0 Å². The summed E-state index contributed by atoms with van der Waals surface area (Å²) >= 11 is 0. The Morgan fingerprint density at radius 1 is 1.18 bits per heavy atom. The molecule has 0 saturated carbocycles. The van der Waals surface area contributed by atoms with Gasteiger partial charge in [-0.3, -0.25) is 0 Å². The second-order valence-electron chi connectivity index (χ2n) is 5.15. The van der Waals surface area contributed by atoms with Gasteiger partial charge in [0.15, 0.2) is 0 Å². The third-order valence-corrected chi connectivity index (χ3v) is 3.56. The van der Waals surface area contributed by atoms with Crippen molar-refractivity contribution in [1.29, 1.82) is 0 Å². The summed E-state index contributed by atoms with van der Waals surface area (Å²) in [6.45, 7) is 1.58. The zero-order valence-corrected chi connectivity index (χ0v) is 12.2. The van der Waals surface area contributed by atoms with Crippen molar-refractivity contribution in [2.45, 2.75) is 13.2 Å². The van der Waals surface area contributed by atoms with E-state index >= 15 is 0 Å². The third-order valence-electron chi connectivity index (χ3n) is 3.56. The van der Waals surface area contributed by atoms with Gasteiger partial charge in [-0.15, -0.1) is 0 Å². The van der Waals surface area contributed by atoms with E-state index in [9.17, 15) is 4.79 Å². The van der Waals surface area contributed by atoms with Crippen LogP contribution >= 0.6 is 0 Å². The summed E-state index contributed by atoms with van der Waals surface area (Å²) in [5.41, 5.74) is 8.36. The maximum Gasteiger partial charge on any atom is 0.410 e. The van der Waals surface area contributed by atoms with Crippen LogP contribution in [0.5, 0.6) is 5.75 Å². The lowest BCUT2D eigenvalue weighted by Crippen LogP contribution is -2.32. The molecule has 1 amide bonds. The number of hydrogen-bond donors (Lipinski definition) is 1. The molecule has 1 aliphatic rings. The number of nitrogens with zero attached hydrogens (tertiary/aromatic N) is 1. The first-order chi connectivity index (χ1) is 10.7. The molecule has 5 nitrogen and oxygen atoms in total. The van der Waals surface area contributed by atoms with Gasteiger partial charge in [0.05, 0.1) is 18.8 Å². The Morgan fingerprint density at radius 2 is 2.00 bits per heavy atom. The third kappa shape index (κ3) is 3.14. The number of fused-ring (bicyclic) bond motifs is 1. The largest absolute Gasteiger partial charge is 0.489 e. The Kier molecular flexibility index (Phi) is 4.14. The second-order valence-corrected chi connectivity index (χ2v) is 5.15. The summed E-state index contributed by atoms with van der Waals surface area (Å²) in [5, 5.41) is 0. The smallest absolute Gasteiger partial charge is 0.410 e. The summed E-state index contributed by atoms with van der Waals surface area (Å²) < 4.78 is 11.0. The van der Waals surface area contributed by atoms with Crippen LogP contribution < -0.4 is 10.5 Å². The quantitative estimate of drug-likeness (QED) is 0.866. The van der Waals surface area contributed by atoms with Crippen molar-refractivity contribution in [1.82, 2.24) is 4.90 Å². The molecule has 0 spiro atoms. The zero-order valence-electron chi connectivity index (χ0n) is 12.2. The highest BCUT2D eigenvalue weighted by atomic mass is 16.6. The van der Waals surface area contributed by atoms with Crippen molar-refractivity contribution in [2.24, 2.45) is 0 Å². The lowest BCUT2D eigenvalue weighted by molar-refractivity contribution is 0.0913. The summed E-state index contributed by atoms with van der Waals surface area (Å²) in [6, 6.07) is 15.2. The van der Waals surface area contributed by atoms with E-state index in [1.54, 1.807) is 11.0 Å². The second kappa shape index (κ2) is 6.39. The van der Waals surface area contributed by atoms with Gasteiger partial charge in [-0.1, -0.05) is 42.5 Å². The average Bonchev–Trinajstić information content (AvgIpc) is 2.77. The van der Waals surface area contributed by atoms with Gasteiger partial charge in [-0.25, -0.2) is 4.79 Å². The first-order valence-electron chi connectivity index (χ1n) is 7.20. The van der Waals surface area contributed by atoms with Crippen LogP contribution in [0.2, 0.25) is 0 Å². The summed E-state index contributed by atoms with van der Waals surface area (Å²) in [5.74, 6) is 0.667. The lowest BCUT2D eigenvalue weighted by Gasteiger charge is -2.19. The van der Waals surface area contributed by atoms with Crippen molar-refractivity contribution < 1.29 is 14.3 Å². The van der Waals surface area contributed by atoms with Gasteiger partial charge in [0.1, 0.15) is 19.0 Å². The number of anilines is 1. The highest BCUT2D eigenvalue weighted by molar-refractivity contribution is 5.68. The Bertz CT molecular complexity index is 658. The number of carbonyl (C=O) groups is 1. The number of hydrogen-bond acceptors (Lipinski definition) is 4. The van der Waals surface area contributed by atoms with Crippen molar-refractivity contribution >= 4 is 11.8 Å². The average molecular weight is 298 g/mol. The molecule has 0 bridgehead atoms. The van der Waals surface area contributed by atoms with Crippen LogP contribution in [0.25, 0.3) is 0 Å². The molecule has 0 radical (unpaired) electrons. The highest BCUT2D eigenvalue weighted by Crippen LogP contribution is 2.29. The maximum atomic E-state index is 12.2. The Labute approximate surface area is 129 Å². The summed E-state index contributed by atoms with van der Waals surface area (Å²) in [7, 11) is 0. The number of nitrogens with two attached hydrogens (primary N) is 1. The van der Waals surface area contributed by atoms with Crippen LogP contribution in [-0.2, 0) is 17.9 Å². The van der Waals surface area contributed by atoms with Gasteiger partial charge in [0.25, 0.3) is 0 Å². The molecule has 0 saturated heterocycles. The van der Waals surface area contributed by atoms with E-state index in [-0.39, 0.29) is 12.7 Å². The number of benzene rings is 2. The van der Waals surface area contributed by atoms with Gasteiger partial charge < -0.3 is 20.1 Å². The van der Waals surface area contributed by atoms with E-state index in [1.807, 2.05) is 42.5 Å². The van der Waals surface area contributed by atoms with Crippen LogP contribution in [0.15, 0.2) is 48.5 Å². The van der Waals surface area contributed by atoms with Crippen molar-refractivity contribution in [3.8, 4) is 5.75 Å². The number of para-hydroxylation sites is 1. The first-order valence-corrected chi connectivity index (χ1v) is 7.20. The minimum atomic E-state index is -0.345. The minimum absolute atomic E-state index is 0.265.